The third-order valence-corrected chi connectivity index (χ3v) is 2.61. The maximum absolute atomic E-state index is 5.47. The molecule has 0 aliphatic rings. The SMILES string of the molecule is CC(CN)CSc1ncc[nH]1. The summed E-state index contributed by atoms with van der Waals surface area (Å²) >= 11 is 1.71. The van der Waals surface area contributed by atoms with Gasteiger partial charge >= 0.3 is 0 Å². The Labute approximate surface area is 70.8 Å². The molecule has 1 heterocycles. The predicted molar refractivity (Wildman–Crippen MR) is 47.5 cm³/mol. The van der Waals surface area contributed by atoms with Crippen molar-refractivity contribution in [2.24, 2.45) is 11.7 Å². The van der Waals surface area contributed by atoms with Crippen LogP contribution < -0.4 is 5.73 Å². The van der Waals surface area contributed by atoms with E-state index in [9.17, 15) is 0 Å². The van der Waals surface area contributed by atoms with E-state index in [1.165, 1.54) is 0 Å². The third kappa shape index (κ3) is 2.95. The molecule has 62 valence electrons. The molecule has 1 aromatic rings. The van der Waals surface area contributed by atoms with Crippen molar-refractivity contribution in [2.45, 2.75) is 12.1 Å². The highest BCUT2D eigenvalue weighted by Gasteiger charge is 2.00. The molecule has 1 aromatic heterocycles. The van der Waals surface area contributed by atoms with E-state index in [0.29, 0.717) is 5.92 Å². The lowest BCUT2D eigenvalue weighted by Crippen LogP contribution is -2.12. The van der Waals surface area contributed by atoms with Gasteiger partial charge in [-0.3, -0.25) is 0 Å². The second-order valence-electron chi connectivity index (χ2n) is 2.55. The Hall–Kier alpha value is -0.480. The van der Waals surface area contributed by atoms with Crippen LogP contribution in [0, 0.1) is 5.92 Å². The largest absolute Gasteiger partial charge is 0.340 e. The van der Waals surface area contributed by atoms with Gasteiger partial charge in [0.25, 0.3) is 0 Å². The predicted octanol–water partition coefficient (Wildman–Crippen LogP) is 1.10. The molecule has 0 spiro atoms. The molecule has 3 N–H and O–H groups in total. The molecule has 0 bridgehead atoms. The van der Waals surface area contributed by atoms with Gasteiger partial charge in [-0.1, -0.05) is 18.7 Å². The van der Waals surface area contributed by atoms with E-state index in [-0.39, 0.29) is 0 Å². The van der Waals surface area contributed by atoms with Crippen LogP contribution in [0.1, 0.15) is 6.92 Å². The second-order valence-corrected chi connectivity index (χ2v) is 3.55. The molecule has 0 saturated heterocycles. The average molecular weight is 171 g/mol. The average Bonchev–Trinajstić information content (AvgIpc) is 2.52. The highest BCUT2D eigenvalue weighted by Crippen LogP contribution is 2.14. The van der Waals surface area contributed by atoms with Gasteiger partial charge in [0.05, 0.1) is 0 Å². The fraction of sp³-hybridized carbons (Fsp3) is 0.571. The molecule has 0 fully saturated rings. The van der Waals surface area contributed by atoms with Crippen molar-refractivity contribution in [1.29, 1.82) is 0 Å². The van der Waals surface area contributed by atoms with Gasteiger partial charge in [0, 0.05) is 18.1 Å². The molecule has 0 saturated carbocycles. The molecular formula is C7H13N3S. The van der Waals surface area contributed by atoms with Gasteiger partial charge in [-0.25, -0.2) is 4.98 Å². The fourth-order valence-corrected chi connectivity index (χ4v) is 1.48. The number of aromatic amines is 1. The second kappa shape index (κ2) is 4.41. The number of aromatic nitrogens is 2. The zero-order valence-electron chi connectivity index (χ0n) is 6.58. The number of imidazole rings is 1. The molecule has 0 aliphatic carbocycles. The molecule has 4 heteroatoms. The van der Waals surface area contributed by atoms with Crippen molar-refractivity contribution in [1.82, 2.24) is 9.97 Å². The van der Waals surface area contributed by atoms with Crippen LogP contribution in [0.5, 0.6) is 0 Å². The van der Waals surface area contributed by atoms with Crippen molar-refractivity contribution >= 4 is 11.8 Å². The summed E-state index contributed by atoms with van der Waals surface area (Å²) in [6, 6.07) is 0. The first kappa shape index (κ1) is 8.62. The Morgan fingerprint density at radius 2 is 2.64 bits per heavy atom. The number of thioether (sulfide) groups is 1. The maximum atomic E-state index is 5.47. The van der Waals surface area contributed by atoms with Crippen LogP contribution >= 0.6 is 11.8 Å². The first-order valence-corrected chi connectivity index (χ1v) is 4.63. The lowest BCUT2D eigenvalue weighted by Gasteiger charge is -2.04. The van der Waals surface area contributed by atoms with Gasteiger partial charge in [0.15, 0.2) is 5.16 Å². The van der Waals surface area contributed by atoms with Gasteiger partial charge in [0.2, 0.25) is 0 Å². The standard InChI is InChI=1S/C7H13N3S/c1-6(4-8)5-11-7-9-2-3-10-7/h2-3,6H,4-5,8H2,1H3,(H,9,10). The minimum atomic E-state index is 0.560. The highest BCUT2D eigenvalue weighted by molar-refractivity contribution is 7.99. The molecule has 0 amide bonds. The fourth-order valence-electron chi connectivity index (χ4n) is 0.619. The Morgan fingerprint density at radius 3 is 3.18 bits per heavy atom. The first-order chi connectivity index (χ1) is 5.33. The van der Waals surface area contributed by atoms with Crippen molar-refractivity contribution in [2.75, 3.05) is 12.3 Å². The Kier molecular flexibility index (Phi) is 3.45. The Morgan fingerprint density at radius 1 is 1.82 bits per heavy atom. The van der Waals surface area contributed by atoms with Crippen LogP contribution in [0.4, 0.5) is 0 Å². The van der Waals surface area contributed by atoms with Gasteiger partial charge in [-0.15, -0.1) is 0 Å². The normalized spacial score (nSPS) is 13.3. The zero-order valence-corrected chi connectivity index (χ0v) is 7.40. The number of nitrogens with zero attached hydrogens (tertiary/aromatic N) is 1. The van der Waals surface area contributed by atoms with Crippen LogP contribution in [0.2, 0.25) is 0 Å². The van der Waals surface area contributed by atoms with Crippen LogP contribution in [0.3, 0.4) is 0 Å². The van der Waals surface area contributed by atoms with E-state index in [1.54, 1.807) is 18.0 Å². The first-order valence-electron chi connectivity index (χ1n) is 3.65. The lowest BCUT2D eigenvalue weighted by molar-refractivity contribution is 0.674. The smallest absolute Gasteiger partial charge is 0.165 e. The highest BCUT2D eigenvalue weighted by atomic mass is 32.2. The van der Waals surface area contributed by atoms with Gasteiger partial charge in [-0.05, 0) is 12.5 Å². The summed E-state index contributed by atoms with van der Waals surface area (Å²) in [5.41, 5.74) is 5.47. The van der Waals surface area contributed by atoms with Crippen molar-refractivity contribution in [3.63, 3.8) is 0 Å². The Bertz CT molecular complexity index is 186. The van der Waals surface area contributed by atoms with Crippen LogP contribution in [-0.2, 0) is 0 Å². The Balaban J connectivity index is 2.23. The summed E-state index contributed by atoms with van der Waals surface area (Å²) in [6.07, 6.45) is 3.59. The molecule has 0 aliphatic heterocycles. The topological polar surface area (TPSA) is 54.7 Å². The van der Waals surface area contributed by atoms with Crippen LogP contribution in [0.15, 0.2) is 17.6 Å². The number of rotatable bonds is 4. The zero-order chi connectivity index (χ0) is 8.10. The van der Waals surface area contributed by atoms with Crippen LogP contribution in [-0.4, -0.2) is 22.3 Å². The molecule has 11 heavy (non-hydrogen) atoms. The van der Waals surface area contributed by atoms with E-state index >= 15 is 0 Å². The summed E-state index contributed by atoms with van der Waals surface area (Å²) in [5.74, 6) is 1.59. The molecule has 0 radical (unpaired) electrons. The molecule has 3 nitrogen and oxygen atoms in total. The maximum Gasteiger partial charge on any atom is 0.165 e. The molecule has 0 aromatic carbocycles. The number of hydrogen-bond acceptors (Lipinski definition) is 3. The van der Waals surface area contributed by atoms with E-state index in [0.717, 1.165) is 17.5 Å². The third-order valence-electron chi connectivity index (χ3n) is 1.38. The van der Waals surface area contributed by atoms with Crippen molar-refractivity contribution in [3.8, 4) is 0 Å². The number of H-pyrrole nitrogens is 1. The summed E-state index contributed by atoms with van der Waals surface area (Å²) in [7, 11) is 0. The molecule has 1 rings (SSSR count). The number of nitrogens with one attached hydrogen (secondary N) is 1. The van der Waals surface area contributed by atoms with Crippen molar-refractivity contribution < 1.29 is 0 Å². The number of hydrogen-bond donors (Lipinski definition) is 2. The van der Waals surface area contributed by atoms with E-state index < -0.39 is 0 Å². The van der Waals surface area contributed by atoms with E-state index in [2.05, 4.69) is 16.9 Å². The van der Waals surface area contributed by atoms with Gasteiger partial charge < -0.3 is 10.7 Å². The summed E-state index contributed by atoms with van der Waals surface area (Å²) in [4.78, 5) is 7.12. The minimum Gasteiger partial charge on any atom is -0.340 e. The molecule has 1 atom stereocenters. The van der Waals surface area contributed by atoms with Gasteiger partial charge in [-0.2, -0.15) is 0 Å². The van der Waals surface area contributed by atoms with Crippen molar-refractivity contribution in [3.05, 3.63) is 12.4 Å². The minimum absolute atomic E-state index is 0.560. The van der Waals surface area contributed by atoms with E-state index in [4.69, 9.17) is 5.73 Å². The molecule has 1 unspecified atom stereocenters. The summed E-state index contributed by atoms with van der Waals surface area (Å²) in [6.45, 7) is 2.88. The number of nitrogens with two attached hydrogens (primary N) is 1. The van der Waals surface area contributed by atoms with Gasteiger partial charge in [0.1, 0.15) is 0 Å². The summed E-state index contributed by atoms with van der Waals surface area (Å²) < 4.78 is 0. The lowest BCUT2D eigenvalue weighted by atomic mass is 10.2. The quantitative estimate of drug-likeness (QED) is 0.667. The summed E-state index contributed by atoms with van der Waals surface area (Å²) in [5, 5.41) is 0.977. The van der Waals surface area contributed by atoms with E-state index in [1.807, 2.05) is 6.20 Å². The monoisotopic (exact) mass is 171 g/mol. The molecular weight excluding hydrogens is 158 g/mol. The van der Waals surface area contributed by atoms with Crippen LogP contribution in [0.25, 0.3) is 0 Å².